The van der Waals surface area contributed by atoms with Gasteiger partial charge in [-0.15, -0.1) is 0 Å². The Morgan fingerprint density at radius 3 is 3.22 bits per heavy atom. The van der Waals surface area contributed by atoms with Crippen molar-refractivity contribution in [2.75, 3.05) is 18.1 Å². The first-order chi connectivity index (χ1) is 4.43. The van der Waals surface area contributed by atoms with E-state index in [1.54, 1.807) is 18.0 Å². The Labute approximate surface area is 58.2 Å². The van der Waals surface area contributed by atoms with Crippen LogP contribution in [0.3, 0.4) is 0 Å². The summed E-state index contributed by atoms with van der Waals surface area (Å²) in [5, 5.41) is 11.2. The quantitative estimate of drug-likeness (QED) is 0.490. The van der Waals surface area contributed by atoms with Gasteiger partial charge < -0.3 is 5.32 Å². The lowest BCUT2D eigenvalue weighted by molar-refractivity contribution is 0.958. The third kappa shape index (κ3) is 1.94. The van der Waals surface area contributed by atoms with Gasteiger partial charge in [0.15, 0.2) is 0 Å². The molecule has 0 aromatic rings. The van der Waals surface area contributed by atoms with Crippen molar-refractivity contribution in [2.45, 2.75) is 0 Å². The molecule has 0 atom stereocenters. The van der Waals surface area contributed by atoms with Gasteiger partial charge >= 0.3 is 0 Å². The molecule has 1 aliphatic rings. The van der Waals surface area contributed by atoms with Crippen LogP contribution < -0.4 is 5.32 Å². The fourth-order valence-corrected chi connectivity index (χ4v) is 1.37. The third-order valence-corrected chi connectivity index (χ3v) is 1.97. The molecule has 0 spiro atoms. The highest BCUT2D eigenvalue weighted by Gasteiger charge is 2.03. The maximum atomic E-state index is 8.13. The summed E-state index contributed by atoms with van der Waals surface area (Å²) in [4.78, 5) is 3.57. The molecule has 0 aromatic heterocycles. The first-order valence-electron chi connectivity index (χ1n) is 2.71. The molecule has 1 rings (SSSR count). The van der Waals surface area contributed by atoms with Crippen LogP contribution in [0.15, 0.2) is 4.99 Å². The molecule has 0 saturated carbocycles. The summed E-state index contributed by atoms with van der Waals surface area (Å²) in [5.74, 6) is 2.78. The van der Waals surface area contributed by atoms with E-state index in [0.717, 1.165) is 23.9 Å². The molecule has 0 bridgehead atoms. The fourth-order valence-electron chi connectivity index (χ4n) is 0.620. The summed E-state index contributed by atoms with van der Waals surface area (Å²) >= 11 is 1.80. The Bertz CT molecular complexity index is 150. The minimum atomic E-state index is 0.814. The Morgan fingerprint density at radius 2 is 2.67 bits per heavy atom. The minimum Gasteiger partial charge on any atom is -0.371 e. The molecule has 1 N–H and O–H groups in total. The second kappa shape index (κ2) is 3.36. The molecule has 0 aliphatic carbocycles. The number of hydrogen-bond acceptors (Lipinski definition) is 3. The number of thioether (sulfide) groups is 1. The molecule has 0 amide bonds. The van der Waals surface area contributed by atoms with Crippen molar-refractivity contribution in [2.24, 2.45) is 4.99 Å². The van der Waals surface area contributed by atoms with Crippen LogP contribution in [0, 0.1) is 11.5 Å². The molecule has 3 nitrogen and oxygen atoms in total. The summed E-state index contributed by atoms with van der Waals surface area (Å²) in [5.41, 5.74) is 0. The third-order valence-electron chi connectivity index (χ3n) is 0.999. The lowest BCUT2D eigenvalue weighted by Gasteiger charge is -2.12. The van der Waals surface area contributed by atoms with E-state index in [1.165, 1.54) is 0 Å². The van der Waals surface area contributed by atoms with E-state index < -0.39 is 0 Å². The summed E-state index contributed by atoms with van der Waals surface area (Å²) in [6.45, 7) is 0.936. The normalized spacial score (nSPS) is 22.8. The van der Waals surface area contributed by atoms with Gasteiger partial charge in [-0.1, -0.05) is 0 Å². The number of nitriles is 1. The van der Waals surface area contributed by atoms with E-state index >= 15 is 0 Å². The average molecular weight is 141 g/mol. The van der Waals surface area contributed by atoms with Gasteiger partial charge in [0.05, 0.1) is 5.75 Å². The zero-order valence-corrected chi connectivity index (χ0v) is 5.74. The van der Waals surface area contributed by atoms with E-state index in [0.29, 0.717) is 0 Å². The van der Waals surface area contributed by atoms with Crippen LogP contribution in [0.4, 0.5) is 0 Å². The Hall–Kier alpha value is -0.690. The second-order valence-corrected chi connectivity index (χ2v) is 2.74. The summed E-state index contributed by atoms with van der Waals surface area (Å²) in [7, 11) is 0. The molecule has 48 valence electrons. The summed E-state index contributed by atoms with van der Waals surface area (Å²) < 4.78 is 0. The van der Waals surface area contributed by atoms with Crippen molar-refractivity contribution in [3.63, 3.8) is 0 Å². The molecule has 0 aromatic carbocycles. The highest BCUT2D eigenvalue weighted by Crippen LogP contribution is 2.02. The van der Waals surface area contributed by atoms with E-state index in [-0.39, 0.29) is 0 Å². The van der Waals surface area contributed by atoms with Crippen LogP contribution in [-0.4, -0.2) is 23.9 Å². The molecule has 1 saturated heterocycles. The number of nitrogens with zero attached hydrogens (tertiary/aromatic N) is 2. The number of amidine groups is 1. The highest BCUT2D eigenvalue weighted by atomic mass is 32.2. The van der Waals surface area contributed by atoms with E-state index in [2.05, 4.69) is 10.3 Å². The first-order valence-corrected chi connectivity index (χ1v) is 3.86. The summed E-state index contributed by atoms with van der Waals surface area (Å²) in [6.07, 6.45) is 1.75. The molecular formula is C5H7N3S. The number of nitrogens with one attached hydrogen (secondary N) is 1. The van der Waals surface area contributed by atoms with Gasteiger partial charge in [-0.25, -0.2) is 0 Å². The van der Waals surface area contributed by atoms with Crippen LogP contribution in [-0.2, 0) is 0 Å². The van der Waals surface area contributed by atoms with Gasteiger partial charge in [-0.2, -0.15) is 22.0 Å². The molecule has 9 heavy (non-hydrogen) atoms. The zero-order chi connectivity index (χ0) is 6.53. The highest BCUT2D eigenvalue weighted by molar-refractivity contribution is 8.00. The van der Waals surface area contributed by atoms with Crippen LogP contribution >= 0.6 is 11.8 Å². The predicted molar refractivity (Wildman–Crippen MR) is 38.4 cm³/mol. The van der Waals surface area contributed by atoms with Crippen molar-refractivity contribution < 1.29 is 0 Å². The number of hydrogen-bond donors (Lipinski definition) is 1. The largest absolute Gasteiger partial charge is 0.371 e. The molecule has 1 fully saturated rings. The fraction of sp³-hybridized carbons (Fsp3) is 0.600. The smallest absolute Gasteiger partial charge is 0.207 e. The summed E-state index contributed by atoms with van der Waals surface area (Å²) in [6, 6.07) is 0. The second-order valence-electron chi connectivity index (χ2n) is 1.64. The van der Waals surface area contributed by atoms with Gasteiger partial charge in [0.2, 0.25) is 6.19 Å². The van der Waals surface area contributed by atoms with Crippen molar-refractivity contribution in [3.05, 3.63) is 0 Å². The minimum absolute atomic E-state index is 0.814. The van der Waals surface area contributed by atoms with Gasteiger partial charge in [-0.3, -0.25) is 0 Å². The van der Waals surface area contributed by atoms with Gasteiger partial charge in [0.1, 0.15) is 5.84 Å². The monoisotopic (exact) mass is 141 g/mol. The Balaban J connectivity index is 2.42. The van der Waals surface area contributed by atoms with Crippen molar-refractivity contribution >= 4 is 17.6 Å². The van der Waals surface area contributed by atoms with Gasteiger partial charge in [-0.05, 0) is 0 Å². The first kappa shape index (κ1) is 6.43. The average Bonchev–Trinajstić information content (AvgIpc) is 1.91. The van der Waals surface area contributed by atoms with Gasteiger partial charge in [0, 0.05) is 12.3 Å². The van der Waals surface area contributed by atoms with E-state index in [9.17, 15) is 0 Å². The maximum Gasteiger partial charge on any atom is 0.207 e. The van der Waals surface area contributed by atoms with E-state index in [1.807, 2.05) is 0 Å². The Kier molecular flexibility index (Phi) is 2.40. The molecule has 0 radical (unpaired) electrons. The lowest BCUT2D eigenvalue weighted by Crippen LogP contribution is -2.32. The van der Waals surface area contributed by atoms with Crippen LogP contribution in [0.2, 0.25) is 0 Å². The predicted octanol–water partition coefficient (Wildman–Crippen LogP) is 0.202. The van der Waals surface area contributed by atoms with Crippen molar-refractivity contribution in [3.8, 4) is 6.19 Å². The molecule has 1 heterocycles. The zero-order valence-electron chi connectivity index (χ0n) is 4.92. The van der Waals surface area contributed by atoms with Crippen LogP contribution in [0.1, 0.15) is 0 Å². The SMILES string of the molecule is N#C/N=C1/CSCCN1. The van der Waals surface area contributed by atoms with Gasteiger partial charge in [0.25, 0.3) is 0 Å². The lowest BCUT2D eigenvalue weighted by atomic mass is 10.6. The number of rotatable bonds is 0. The molecule has 4 heteroatoms. The van der Waals surface area contributed by atoms with Crippen molar-refractivity contribution in [1.82, 2.24) is 5.32 Å². The maximum absolute atomic E-state index is 8.13. The molecule has 1 aliphatic heterocycles. The van der Waals surface area contributed by atoms with Crippen LogP contribution in [0.25, 0.3) is 0 Å². The Morgan fingerprint density at radius 1 is 1.78 bits per heavy atom. The molecule has 0 unspecified atom stereocenters. The van der Waals surface area contributed by atoms with Crippen molar-refractivity contribution in [1.29, 1.82) is 5.26 Å². The topological polar surface area (TPSA) is 48.2 Å². The van der Waals surface area contributed by atoms with E-state index in [4.69, 9.17) is 5.26 Å². The van der Waals surface area contributed by atoms with Crippen LogP contribution in [0.5, 0.6) is 0 Å². The molecular weight excluding hydrogens is 134 g/mol. The number of aliphatic imine (C=N–C) groups is 1. The standard InChI is InChI=1S/C5H7N3S/c6-4-8-5-3-9-2-1-7-5/h1-3H2,(H,7,8).